The second kappa shape index (κ2) is 12.4. The maximum Gasteiger partial charge on any atom is 0.143 e. The molecule has 0 spiro atoms. The van der Waals surface area contributed by atoms with E-state index in [0.29, 0.717) is 0 Å². The average molecular weight is 747 g/mol. The third-order valence-electron chi connectivity index (χ3n) is 12.8. The van der Waals surface area contributed by atoms with Gasteiger partial charge in [-0.25, -0.2) is 0 Å². The molecule has 0 saturated carbocycles. The molecule has 0 unspecified atom stereocenters. The van der Waals surface area contributed by atoms with Gasteiger partial charge in [0.15, 0.2) is 0 Å². The SMILES string of the molecule is c1ccc(-c2ccc3c(c2)c2ccccc2c2c4ccc(-c5ccc(-c6cccc7oc8c9ccccc9ccc8c67)c6ccccc56)cc4c4ccccc4c32)cc1. The molecule has 0 aliphatic carbocycles. The Balaban J connectivity index is 1.05. The molecule has 1 nitrogen and oxygen atoms in total. The lowest BCUT2D eigenvalue weighted by Crippen LogP contribution is -1.90. The predicted octanol–water partition coefficient (Wildman–Crippen LogP) is 16.7. The lowest BCUT2D eigenvalue weighted by Gasteiger charge is -2.18. The van der Waals surface area contributed by atoms with E-state index in [4.69, 9.17) is 4.42 Å². The largest absolute Gasteiger partial charge is 0.455 e. The van der Waals surface area contributed by atoms with Crippen LogP contribution < -0.4 is 0 Å². The van der Waals surface area contributed by atoms with Crippen molar-refractivity contribution in [1.82, 2.24) is 0 Å². The first-order chi connectivity index (χ1) is 29.3. The molecule has 0 N–H and O–H groups in total. The molecule has 1 aromatic heterocycles. The molecule has 0 bridgehead atoms. The smallest absolute Gasteiger partial charge is 0.143 e. The van der Waals surface area contributed by atoms with E-state index >= 15 is 0 Å². The summed E-state index contributed by atoms with van der Waals surface area (Å²) in [7, 11) is 0. The molecule has 0 aliphatic heterocycles. The molecule has 59 heavy (non-hydrogen) atoms. The van der Waals surface area contributed by atoms with Crippen LogP contribution in [0.5, 0.6) is 0 Å². The summed E-state index contributed by atoms with van der Waals surface area (Å²) in [4.78, 5) is 0. The normalized spacial score (nSPS) is 12.1. The Hall–Kier alpha value is -7.74. The fraction of sp³-hybridized carbons (Fsp3) is 0. The molecule has 0 fully saturated rings. The second-order valence-corrected chi connectivity index (χ2v) is 15.9. The Morgan fingerprint density at radius 1 is 0.237 bits per heavy atom. The van der Waals surface area contributed by atoms with E-state index in [1.54, 1.807) is 0 Å². The summed E-state index contributed by atoms with van der Waals surface area (Å²) in [5.74, 6) is 0. The topological polar surface area (TPSA) is 13.1 Å². The third kappa shape index (κ3) is 4.67. The van der Waals surface area contributed by atoms with Crippen molar-refractivity contribution in [3.8, 4) is 33.4 Å². The first-order valence-electron chi connectivity index (χ1n) is 20.4. The van der Waals surface area contributed by atoms with E-state index in [1.165, 1.54) is 103 Å². The van der Waals surface area contributed by atoms with Gasteiger partial charge in [-0.1, -0.05) is 182 Å². The summed E-state index contributed by atoms with van der Waals surface area (Å²) >= 11 is 0. The van der Waals surface area contributed by atoms with E-state index < -0.39 is 0 Å². The number of rotatable bonds is 3. The highest BCUT2D eigenvalue weighted by Gasteiger charge is 2.20. The molecule has 13 aromatic rings. The van der Waals surface area contributed by atoms with Gasteiger partial charge in [0, 0.05) is 16.2 Å². The van der Waals surface area contributed by atoms with Crippen LogP contribution in [0.1, 0.15) is 0 Å². The van der Waals surface area contributed by atoms with Crippen molar-refractivity contribution in [2.45, 2.75) is 0 Å². The molecule has 0 radical (unpaired) electrons. The third-order valence-corrected chi connectivity index (χ3v) is 12.8. The summed E-state index contributed by atoms with van der Waals surface area (Å²) in [6.45, 7) is 0. The Bertz CT molecular complexity index is 3890. The van der Waals surface area contributed by atoms with Crippen molar-refractivity contribution in [3.63, 3.8) is 0 Å². The van der Waals surface area contributed by atoms with Crippen LogP contribution in [0.15, 0.2) is 211 Å². The zero-order valence-electron chi connectivity index (χ0n) is 32.0. The minimum atomic E-state index is 0.910. The van der Waals surface area contributed by atoms with E-state index in [1.807, 2.05) is 0 Å². The van der Waals surface area contributed by atoms with Crippen molar-refractivity contribution >= 4 is 97.3 Å². The van der Waals surface area contributed by atoms with Crippen molar-refractivity contribution in [3.05, 3.63) is 206 Å². The standard InChI is InChI=1S/C58H34O/c1-2-13-35(14-3-1)37-26-28-49-52(33-37)43-19-8-10-21-47(43)57-50-29-27-38(34-53(50)44-20-9-11-22-48(44)56(49)57)39-31-32-45(42-18-7-6-17-41(39)42)46-23-12-24-54-55(46)51-30-25-36-15-4-5-16-40(36)58(51)59-54/h1-34H. The van der Waals surface area contributed by atoms with Crippen molar-refractivity contribution in [2.24, 2.45) is 0 Å². The van der Waals surface area contributed by atoms with Crippen LogP contribution in [0.2, 0.25) is 0 Å². The Labute approximate surface area is 340 Å². The van der Waals surface area contributed by atoms with Crippen LogP contribution in [0.4, 0.5) is 0 Å². The maximum atomic E-state index is 6.61. The minimum absolute atomic E-state index is 0.910. The highest BCUT2D eigenvalue weighted by atomic mass is 16.3. The van der Waals surface area contributed by atoms with Crippen LogP contribution in [-0.2, 0) is 0 Å². The molecular formula is C58H34O. The summed E-state index contributed by atoms with van der Waals surface area (Å²) in [6.07, 6.45) is 0. The van der Waals surface area contributed by atoms with Crippen LogP contribution in [0.3, 0.4) is 0 Å². The van der Waals surface area contributed by atoms with E-state index in [9.17, 15) is 0 Å². The monoisotopic (exact) mass is 746 g/mol. The molecular weight excluding hydrogens is 713 g/mol. The Kier molecular flexibility index (Phi) is 6.79. The van der Waals surface area contributed by atoms with Gasteiger partial charge < -0.3 is 4.42 Å². The molecule has 1 heteroatoms. The highest BCUT2D eigenvalue weighted by Crippen LogP contribution is 2.47. The fourth-order valence-corrected chi connectivity index (χ4v) is 10.2. The van der Waals surface area contributed by atoms with Crippen molar-refractivity contribution in [2.75, 3.05) is 0 Å². The zero-order valence-corrected chi connectivity index (χ0v) is 32.0. The lowest BCUT2D eigenvalue weighted by molar-refractivity contribution is 0.673. The van der Waals surface area contributed by atoms with E-state index in [2.05, 4.69) is 206 Å². The molecule has 272 valence electrons. The first kappa shape index (κ1) is 32.4. The van der Waals surface area contributed by atoms with Crippen LogP contribution >= 0.6 is 0 Å². The second-order valence-electron chi connectivity index (χ2n) is 15.9. The van der Waals surface area contributed by atoms with Gasteiger partial charge in [0.05, 0.1) is 0 Å². The Morgan fingerprint density at radius 2 is 0.763 bits per heavy atom. The molecule has 0 aliphatic rings. The van der Waals surface area contributed by atoms with Gasteiger partial charge >= 0.3 is 0 Å². The van der Waals surface area contributed by atoms with Gasteiger partial charge in [-0.3, -0.25) is 0 Å². The Morgan fingerprint density at radius 3 is 1.47 bits per heavy atom. The number of hydrogen-bond donors (Lipinski definition) is 0. The van der Waals surface area contributed by atoms with Gasteiger partial charge in [0.25, 0.3) is 0 Å². The van der Waals surface area contributed by atoms with E-state index in [0.717, 1.165) is 27.3 Å². The molecule has 12 aromatic carbocycles. The van der Waals surface area contributed by atoms with Gasteiger partial charge in [0.1, 0.15) is 11.2 Å². The molecule has 0 atom stereocenters. The molecule has 0 saturated heterocycles. The maximum absolute atomic E-state index is 6.61. The molecule has 13 rings (SSSR count). The van der Waals surface area contributed by atoms with Crippen LogP contribution in [0, 0.1) is 0 Å². The zero-order chi connectivity index (χ0) is 38.6. The van der Waals surface area contributed by atoms with Gasteiger partial charge in [0.2, 0.25) is 0 Å². The van der Waals surface area contributed by atoms with Gasteiger partial charge in [-0.2, -0.15) is 0 Å². The number of furan rings is 1. The van der Waals surface area contributed by atoms with Crippen LogP contribution in [0.25, 0.3) is 131 Å². The lowest BCUT2D eigenvalue weighted by atomic mass is 9.85. The number of benzene rings is 12. The average Bonchev–Trinajstić information content (AvgIpc) is 3.71. The number of fused-ring (bicyclic) bond motifs is 17. The summed E-state index contributed by atoms with van der Waals surface area (Å²) in [6, 6.07) is 75.8. The first-order valence-corrected chi connectivity index (χ1v) is 20.4. The van der Waals surface area contributed by atoms with Crippen molar-refractivity contribution < 1.29 is 4.42 Å². The van der Waals surface area contributed by atoms with Gasteiger partial charge in [-0.05, 0) is 128 Å². The quantitative estimate of drug-likeness (QED) is 0.164. The minimum Gasteiger partial charge on any atom is -0.455 e. The van der Waals surface area contributed by atoms with E-state index in [-0.39, 0.29) is 0 Å². The summed E-state index contributed by atoms with van der Waals surface area (Å²) in [5, 5.41) is 20.0. The van der Waals surface area contributed by atoms with Gasteiger partial charge in [-0.15, -0.1) is 0 Å². The fourth-order valence-electron chi connectivity index (χ4n) is 10.2. The number of hydrogen-bond acceptors (Lipinski definition) is 1. The summed E-state index contributed by atoms with van der Waals surface area (Å²) < 4.78 is 6.61. The summed E-state index contributed by atoms with van der Waals surface area (Å²) in [5.41, 5.74) is 9.15. The molecule has 0 amide bonds. The van der Waals surface area contributed by atoms with Crippen molar-refractivity contribution in [1.29, 1.82) is 0 Å². The van der Waals surface area contributed by atoms with Crippen LogP contribution in [-0.4, -0.2) is 0 Å². The highest BCUT2D eigenvalue weighted by molar-refractivity contribution is 6.40. The predicted molar refractivity (Wildman–Crippen MR) is 253 cm³/mol. The molecule has 1 heterocycles.